The summed E-state index contributed by atoms with van der Waals surface area (Å²) in [5.41, 5.74) is 2.52. The Morgan fingerprint density at radius 2 is 2.30 bits per heavy atom. The van der Waals surface area contributed by atoms with Gasteiger partial charge in [-0.05, 0) is 41.1 Å². The van der Waals surface area contributed by atoms with Crippen LogP contribution in [0.3, 0.4) is 0 Å². The highest BCUT2D eigenvalue weighted by molar-refractivity contribution is 9.10. The molecule has 0 spiro atoms. The summed E-state index contributed by atoms with van der Waals surface area (Å²) >= 11 is 3.46. The molecule has 0 aliphatic heterocycles. The van der Waals surface area contributed by atoms with Crippen molar-refractivity contribution in [2.75, 3.05) is 11.9 Å². The Labute approximate surface area is 126 Å². The van der Waals surface area contributed by atoms with E-state index in [9.17, 15) is 4.79 Å². The number of hydrogen-bond donors (Lipinski definition) is 1. The second-order valence-electron chi connectivity index (χ2n) is 4.26. The molecule has 0 saturated heterocycles. The lowest BCUT2D eigenvalue weighted by Gasteiger charge is -2.10. The van der Waals surface area contributed by atoms with E-state index in [1.54, 1.807) is 25.4 Å². The van der Waals surface area contributed by atoms with Gasteiger partial charge in [-0.1, -0.05) is 0 Å². The molecule has 2 rings (SSSR count). The zero-order valence-corrected chi connectivity index (χ0v) is 13.0. The number of halogens is 1. The molecule has 0 aliphatic carbocycles. The van der Waals surface area contributed by atoms with E-state index in [2.05, 4.69) is 26.2 Å². The molecule has 0 atom stereocenters. The second-order valence-corrected chi connectivity index (χ2v) is 5.12. The normalized spacial score (nSPS) is 10.3. The molecule has 6 heteroatoms. The Kier molecular flexibility index (Phi) is 4.79. The van der Waals surface area contributed by atoms with E-state index in [1.165, 1.54) is 0 Å². The Hall–Kier alpha value is -1.82. The minimum Gasteiger partial charge on any atom is -0.462 e. The zero-order chi connectivity index (χ0) is 14.5. The van der Waals surface area contributed by atoms with Gasteiger partial charge in [0.05, 0.1) is 30.7 Å². The number of carbonyl (C=O) groups excluding carboxylic acids is 1. The van der Waals surface area contributed by atoms with Crippen molar-refractivity contribution in [3.8, 4) is 0 Å². The highest BCUT2D eigenvalue weighted by Crippen LogP contribution is 2.24. The molecule has 1 heterocycles. The van der Waals surface area contributed by atoms with Crippen LogP contribution in [0.15, 0.2) is 35.2 Å². The monoisotopic (exact) mass is 337 g/mol. The number of hydrogen-bond acceptors (Lipinski definition) is 4. The van der Waals surface area contributed by atoms with Gasteiger partial charge < -0.3 is 14.6 Å². The van der Waals surface area contributed by atoms with E-state index >= 15 is 0 Å². The van der Waals surface area contributed by atoms with Crippen LogP contribution in [0.4, 0.5) is 5.69 Å². The van der Waals surface area contributed by atoms with Crippen LogP contribution in [0, 0.1) is 0 Å². The fraction of sp³-hybridized carbons (Fsp3) is 0.286. The maximum atomic E-state index is 11.6. The summed E-state index contributed by atoms with van der Waals surface area (Å²) in [7, 11) is 1.95. The molecule has 0 fully saturated rings. The summed E-state index contributed by atoms with van der Waals surface area (Å²) in [5.74, 6) is -0.314. The summed E-state index contributed by atoms with van der Waals surface area (Å²) < 4.78 is 7.74. The number of ether oxygens (including phenoxy) is 1. The molecule has 5 nitrogen and oxygen atoms in total. The Morgan fingerprint density at radius 3 is 2.90 bits per heavy atom. The first-order valence-corrected chi connectivity index (χ1v) is 7.07. The molecule has 106 valence electrons. The lowest BCUT2D eigenvalue weighted by Crippen LogP contribution is -2.07. The fourth-order valence-electron chi connectivity index (χ4n) is 1.74. The number of carbonyl (C=O) groups is 1. The van der Waals surface area contributed by atoms with Crippen LogP contribution in [0.1, 0.15) is 23.0 Å². The predicted molar refractivity (Wildman–Crippen MR) is 80.6 cm³/mol. The third kappa shape index (κ3) is 3.39. The maximum Gasteiger partial charge on any atom is 0.338 e. The van der Waals surface area contributed by atoms with Crippen LogP contribution in [0.2, 0.25) is 0 Å². The van der Waals surface area contributed by atoms with E-state index in [0.717, 1.165) is 15.9 Å². The fourth-order valence-corrected chi connectivity index (χ4v) is 2.26. The van der Waals surface area contributed by atoms with Crippen molar-refractivity contribution in [2.24, 2.45) is 7.05 Å². The van der Waals surface area contributed by atoms with E-state index in [0.29, 0.717) is 18.7 Å². The van der Waals surface area contributed by atoms with Gasteiger partial charge in [-0.25, -0.2) is 9.78 Å². The molecule has 2 aromatic rings. The van der Waals surface area contributed by atoms with Crippen molar-refractivity contribution in [1.29, 1.82) is 0 Å². The van der Waals surface area contributed by atoms with E-state index in [-0.39, 0.29) is 5.97 Å². The van der Waals surface area contributed by atoms with Crippen molar-refractivity contribution < 1.29 is 9.53 Å². The van der Waals surface area contributed by atoms with Gasteiger partial charge in [0.25, 0.3) is 0 Å². The number of anilines is 1. The molecule has 1 aromatic heterocycles. The topological polar surface area (TPSA) is 56.1 Å². The Bertz CT molecular complexity index is 610. The lowest BCUT2D eigenvalue weighted by molar-refractivity contribution is 0.0526. The van der Waals surface area contributed by atoms with Crippen molar-refractivity contribution in [3.05, 3.63) is 46.5 Å². The van der Waals surface area contributed by atoms with Crippen LogP contribution in [0.5, 0.6) is 0 Å². The van der Waals surface area contributed by atoms with Gasteiger partial charge in [0.2, 0.25) is 0 Å². The smallest absolute Gasteiger partial charge is 0.338 e. The van der Waals surface area contributed by atoms with Gasteiger partial charge in [0.1, 0.15) is 0 Å². The molecule has 0 aliphatic rings. The van der Waals surface area contributed by atoms with Crippen LogP contribution >= 0.6 is 15.9 Å². The number of aryl methyl sites for hydroxylation is 1. The number of nitrogens with zero attached hydrogens (tertiary/aromatic N) is 2. The third-order valence-corrected chi connectivity index (χ3v) is 3.51. The van der Waals surface area contributed by atoms with Gasteiger partial charge in [0.15, 0.2) is 0 Å². The molecular weight excluding hydrogens is 322 g/mol. The number of benzene rings is 1. The van der Waals surface area contributed by atoms with Gasteiger partial charge in [-0.15, -0.1) is 0 Å². The zero-order valence-electron chi connectivity index (χ0n) is 11.4. The lowest BCUT2D eigenvalue weighted by atomic mass is 10.2. The summed E-state index contributed by atoms with van der Waals surface area (Å²) in [5, 5.41) is 3.29. The largest absolute Gasteiger partial charge is 0.462 e. The van der Waals surface area contributed by atoms with Gasteiger partial charge in [-0.2, -0.15) is 0 Å². The van der Waals surface area contributed by atoms with Gasteiger partial charge in [-0.3, -0.25) is 0 Å². The van der Waals surface area contributed by atoms with Crippen LogP contribution in [0.25, 0.3) is 0 Å². The van der Waals surface area contributed by atoms with Crippen LogP contribution < -0.4 is 5.32 Å². The molecule has 20 heavy (non-hydrogen) atoms. The highest BCUT2D eigenvalue weighted by Gasteiger charge is 2.09. The third-order valence-electron chi connectivity index (χ3n) is 2.86. The van der Waals surface area contributed by atoms with Crippen LogP contribution in [-0.4, -0.2) is 22.1 Å². The van der Waals surface area contributed by atoms with Crippen molar-refractivity contribution >= 4 is 27.6 Å². The molecule has 0 unspecified atom stereocenters. The van der Waals surface area contributed by atoms with Crippen molar-refractivity contribution in [2.45, 2.75) is 13.5 Å². The quantitative estimate of drug-likeness (QED) is 0.852. The SMILES string of the molecule is CCOC(=O)c1ccc(NCc2cncn2C)c(Br)c1. The summed E-state index contributed by atoms with van der Waals surface area (Å²) in [6, 6.07) is 5.35. The first-order valence-electron chi connectivity index (χ1n) is 6.27. The molecular formula is C14H16BrN3O2. The molecule has 0 saturated carbocycles. The molecule has 0 bridgehead atoms. The Morgan fingerprint density at radius 1 is 1.50 bits per heavy atom. The van der Waals surface area contributed by atoms with Gasteiger partial charge in [0, 0.05) is 23.4 Å². The van der Waals surface area contributed by atoms with Crippen LogP contribution in [-0.2, 0) is 18.3 Å². The van der Waals surface area contributed by atoms with E-state index in [1.807, 2.05) is 23.9 Å². The van der Waals surface area contributed by atoms with Gasteiger partial charge >= 0.3 is 5.97 Å². The highest BCUT2D eigenvalue weighted by atomic mass is 79.9. The standard InChI is InChI=1S/C14H16BrN3O2/c1-3-20-14(19)10-4-5-13(12(15)6-10)17-8-11-7-16-9-18(11)2/h4-7,9,17H,3,8H2,1-2H3. The first kappa shape index (κ1) is 14.6. The summed E-state index contributed by atoms with van der Waals surface area (Å²) in [6.45, 7) is 2.82. The number of aromatic nitrogens is 2. The minimum absolute atomic E-state index is 0.314. The minimum atomic E-state index is -0.314. The number of rotatable bonds is 5. The average Bonchev–Trinajstić information content (AvgIpc) is 2.83. The number of imidazole rings is 1. The number of nitrogens with one attached hydrogen (secondary N) is 1. The Balaban J connectivity index is 2.06. The van der Waals surface area contributed by atoms with Crippen molar-refractivity contribution in [1.82, 2.24) is 9.55 Å². The molecule has 0 radical (unpaired) electrons. The van der Waals surface area contributed by atoms with E-state index < -0.39 is 0 Å². The number of esters is 1. The molecule has 1 aromatic carbocycles. The summed E-state index contributed by atoms with van der Waals surface area (Å²) in [4.78, 5) is 15.7. The molecule has 0 amide bonds. The predicted octanol–water partition coefficient (Wildman–Crippen LogP) is 2.97. The maximum absolute atomic E-state index is 11.6. The summed E-state index contributed by atoms with van der Waals surface area (Å²) in [6.07, 6.45) is 3.57. The first-order chi connectivity index (χ1) is 9.61. The van der Waals surface area contributed by atoms with Crippen molar-refractivity contribution in [3.63, 3.8) is 0 Å². The average molecular weight is 338 g/mol. The molecule has 1 N–H and O–H groups in total. The van der Waals surface area contributed by atoms with E-state index in [4.69, 9.17) is 4.74 Å². The second kappa shape index (κ2) is 6.56.